The predicted octanol–water partition coefficient (Wildman–Crippen LogP) is 3.39. The van der Waals surface area contributed by atoms with Gasteiger partial charge in [-0.2, -0.15) is 0 Å². The molecule has 86 valence electrons. The molecule has 0 bridgehead atoms. The van der Waals surface area contributed by atoms with E-state index < -0.39 is 0 Å². The van der Waals surface area contributed by atoms with Crippen molar-refractivity contribution in [3.05, 3.63) is 48.0 Å². The highest BCUT2D eigenvalue weighted by Crippen LogP contribution is 2.17. The number of aldehydes is 1. The predicted molar refractivity (Wildman–Crippen MR) is 68.2 cm³/mol. The summed E-state index contributed by atoms with van der Waals surface area (Å²) < 4.78 is 0. The maximum Gasteiger partial charge on any atom is 0.162 e. The van der Waals surface area contributed by atoms with E-state index in [1.54, 1.807) is 0 Å². The SMILES string of the molecule is O=CCCCC(=O)c1ccc2ccccc2c1. The van der Waals surface area contributed by atoms with Crippen LogP contribution in [0.4, 0.5) is 0 Å². The van der Waals surface area contributed by atoms with E-state index >= 15 is 0 Å². The number of hydrogen-bond donors (Lipinski definition) is 0. The molecule has 0 unspecified atom stereocenters. The van der Waals surface area contributed by atoms with Crippen LogP contribution in [0.3, 0.4) is 0 Å². The van der Waals surface area contributed by atoms with Crippen LogP contribution >= 0.6 is 0 Å². The maximum absolute atomic E-state index is 11.8. The number of benzene rings is 2. The van der Waals surface area contributed by atoms with E-state index in [2.05, 4.69) is 0 Å². The van der Waals surface area contributed by atoms with Crippen molar-refractivity contribution >= 4 is 22.8 Å². The first-order valence-electron chi connectivity index (χ1n) is 5.77. The van der Waals surface area contributed by atoms with Crippen LogP contribution in [0, 0.1) is 0 Å². The molecular formula is C15H14O2. The largest absolute Gasteiger partial charge is 0.303 e. The first-order valence-corrected chi connectivity index (χ1v) is 5.77. The van der Waals surface area contributed by atoms with Gasteiger partial charge in [0.25, 0.3) is 0 Å². The van der Waals surface area contributed by atoms with Gasteiger partial charge in [-0.15, -0.1) is 0 Å². The molecule has 0 aliphatic heterocycles. The number of hydrogen-bond acceptors (Lipinski definition) is 2. The minimum Gasteiger partial charge on any atom is -0.303 e. The third-order valence-corrected chi connectivity index (χ3v) is 2.80. The van der Waals surface area contributed by atoms with Crippen molar-refractivity contribution < 1.29 is 9.59 Å². The first kappa shape index (κ1) is 11.5. The minimum absolute atomic E-state index is 0.109. The molecule has 0 aliphatic carbocycles. The molecule has 0 radical (unpaired) electrons. The zero-order valence-electron chi connectivity index (χ0n) is 9.56. The standard InChI is InChI=1S/C15H14O2/c16-10-4-3-7-15(17)14-9-8-12-5-1-2-6-13(12)11-14/h1-2,5-6,8-11H,3-4,7H2. The summed E-state index contributed by atoms with van der Waals surface area (Å²) in [5.74, 6) is 0.109. The fourth-order valence-electron chi connectivity index (χ4n) is 1.85. The molecule has 0 aromatic heterocycles. The third-order valence-electron chi connectivity index (χ3n) is 2.80. The lowest BCUT2D eigenvalue weighted by atomic mass is 10.0. The van der Waals surface area contributed by atoms with Gasteiger partial charge in [0.05, 0.1) is 0 Å². The summed E-state index contributed by atoms with van der Waals surface area (Å²) in [5.41, 5.74) is 0.731. The number of Topliss-reactive ketones (excluding diaryl/α,β-unsaturated/α-hetero) is 1. The lowest BCUT2D eigenvalue weighted by Gasteiger charge is -2.02. The maximum atomic E-state index is 11.8. The van der Waals surface area contributed by atoms with Gasteiger partial charge in [-0.3, -0.25) is 4.79 Å². The van der Waals surface area contributed by atoms with Crippen molar-refractivity contribution in [2.75, 3.05) is 0 Å². The highest BCUT2D eigenvalue weighted by Gasteiger charge is 2.05. The van der Waals surface area contributed by atoms with Gasteiger partial charge in [-0.25, -0.2) is 0 Å². The number of unbranched alkanes of at least 4 members (excludes halogenated alkanes) is 1. The Morgan fingerprint density at radius 2 is 1.82 bits per heavy atom. The van der Waals surface area contributed by atoms with E-state index in [9.17, 15) is 9.59 Å². The Balaban J connectivity index is 2.18. The van der Waals surface area contributed by atoms with Gasteiger partial charge in [0.1, 0.15) is 6.29 Å². The van der Waals surface area contributed by atoms with Crippen molar-refractivity contribution in [2.45, 2.75) is 19.3 Å². The molecule has 0 saturated heterocycles. The Labute approximate surface area is 100 Å². The highest BCUT2D eigenvalue weighted by atomic mass is 16.1. The molecule has 0 spiro atoms. The van der Waals surface area contributed by atoms with Gasteiger partial charge >= 0.3 is 0 Å². The van der Waals surface area contributed by atoms with Gasteiger partial charge in [0, 0.05) is 18.4 Å². The zero-order valence-corrected chi connectivity index (χ0v) is 9.56. The second kappa shape index (κ2) is 5.39. The summed E-state index contributed by atoms with van der Waals surface area (Å²) in [7, 11) is 0. The van der Waals surface area contributed by atoms with Gasteiger partial charge in [-0.05, 0) is 23.3 Å². The molecule has 0 fully saturated rings. The average molecular weight is 226 g/mol. The van der Waals surface area contributed by atoms with Crippen LogP contribution in [0.2, 0.25) is 0 Å². The molecule has 2 heteroatoms. The van der Waals surface area contributed by atoms with Crippen molar-refractivity contribution in [1.82, 2.24) is 0 Å². The fourth-order valence-corrected chi connectivity index (χ4v) is 1.85. The van der Waals surface area contributed by atoms with Crippen LogP contribution in [0.5, 0.6) is 0 Å². The number of ketones is 1. The number of fused-ring (bicyclic) bond motifs is 1. The minimum atomic E-state index is 0.109. The van der Waals surface area contributed by atoms with E-state index in [1.165, 1.54) is 0 Å². The summed E-state index contributed by atoms with van der Waals surface area (Å²) in [5, 5.41) is 2.21. The summed E-state index contributed by atoms with van der Waals surface area (Å²) in [6.45, 7) is 0. The van der Waals surface area contributed by atoms with Crippen LogP contribution in [-0.4, -0.2) is 12.1 Å². The Kier molecular flexibility index (Phi) is 3.66. The van der Waals surface area contributed by atoms with E-state index in [0.29, 0.717) is 19.3 Å². The number of carbonyl (C=O) groups is 2. The van der Waals surface area contributed by atoms with Crippen molar-refractivity contribution in [1.29, 1.82) is 0 Å². The smallest absolute Gasteiger partial charge is 0.162 e. The molecule has 0 aliphatic rings. The molecule has 2 aromatic carbocycles. The molecule has 0 saturated carbocycles. The van der Waals surface area contributed by atoms with Gasteiger partial charge in [-0.1, -0.05) is 36.4 Å². The Morgan fingerprint density at radius 3 is 2.59 bits per heavy atom. The van der Waals surface area contributed by atoms with Gasteiger partial charge < -0.3 is 4.79 Å². The average Bonchev–Trinajstić information content (AvgIpc) is 2.38. The second-order valence-electron chi connectivity index (χ2n) is 4.04. The van der Waals surface area contributed by atoms with E-state index in [0.717, 1.165) is 22.6 Å². The lowest BCUT2D eigenvalue weighted by Crippen LogP contribution is -1.98. The zero-order chi connectivity index (χ0) is 12.1. The van der Waals surface area contributed by atoms with Crippen molar-refractivity contribution in [2.24, 2.45) is 0 Å². The van der Waals surface area contributed by atoms with Gasteiger partial charge in [0.2, 0.25) is 0 Å². The molecule has 0 amide bonds. The van der Waals surface area contributed by atoms with Crippen LogP contribution in [0.25, 0.3) is 10.8 Å². The lowest BCUT2D eigenvalue weighted by molar-refractivity contribution is -0.107. The Morgan fingerprint density at radius 1 is 1.06 bits per heavy atom. The monoisotopic (exact) mass is 226 g/mol. The molecule has 2 rings (SSSR count). The Bertz CT molecular complexity index is 543. The summed E-state index contributed by atoms with van der Waals surface area (Å²) in [4.78, 5) is 22.0. The van der Waals surface area contributed by atoms with Crippen LogP contribution < -0.4 is 0 Å². The van der Waals surface area contributed by atoms with Crippen molar-refractivity contribution in [3.63, 3.8) is 0 Å². The molecule has 0 heterocycles. The number of carbonyl (C=O) groups excluding carboxylic acids is 2. The van der Waals surface area contributed by atoms with Crippen molar-refractivity contribution in [3.8, 4) is 0 Å². The quantitative estimate of drug-likeness (QED) is 0.445. The molecular weight excluding hydrogens is 212 g/mol. The van der Waals surface area contributed by atoms with E-state index in [-0.39, 0.29) is 5.78 Å². The van der Waals surface area contributed by atoms with Gasteiger partial charge in [0.15, 0.2) is 5.78 Å². The second-order valence-corrected chi connectivity index (χ2v) is 4.04. The van der Waals surface area contributed by atoms with Crippen LogP contribution in [0.1, 0.15) is 29.6 Å². The normalized spacial score (nSPS) is 10.4. The Hall–Kier alpha value is -1.96. The molecule has 0 N–H and O–H groups in total. The van der Waals surface area contributed by atoms with Crippen LogP contribution in [-0.2, 0) is 4.79 Å². The highest BCUT2D eigenvalue weighted by molar-refractivity contribution is 5.99. The third kappa shape index (κ3) is 2.78. The fraction of sp³-hybridized carbons (Fsp3) is 0.200. The molecule has 17 heavy (non-hydrogen) atoms. The number of rotatable bonds is 5. The van der Waals surface area contributed by atoms with Crippen LogP contribution in [0.15, 0.2) is 42.5 Å². The first-order chi connectivity index (χ1) is 8.31. The van der Waals surface area contributed by atoms with E-state index in [4.69, 9.17) is 0 Å². The summed E-state index contributed by atoms with van der Waals surface area (Å²) >= 11 is 0. The van der Waals surface area contributed by atoms with E-state index in [1.807, 2.05) is 42.5 Å². The molecule has 2 nitrogen and oxygen atoms in total. The molecule has 0 atom stereocenters. The summed E-state index contributed by atoms with van der Waals surface area (Å²) in [6.07, 6.45) is 2.39. The molecule has 2 aromatic rings. The summed E-state index contributed by atoms with van der Waals surface area (Å²) in [6, 6.07) is 13.7. The topological polar surface area (TPSA) is 34.1 Å².